The molecule has 0 aliphatic carbocycles. The van der Waals surface area contributed by atoms with Gasteiger partial charge in [-0.3, -0.25) is 0 Å². The van der Waals surface area contributed by atoms with Crippen LogP contribution < -0.4 is 0 Å². The van der Waals surface area contributed by atoms with E-state index >= 15 is 0 Å². The minimum absolute atomic E-state index is 0.300. The lowest BCUT2D eigenvalue weighted by molar-refractivity contribution is -0.147. The highest BCUT2D eigenvalue weighted by Crippen LogP contribution is 2.37. The van der Waals surface area contributed by atoms with E-state index in [9.17, 15) is 9.59 Å². The molecule has 28 heavy (non-hydrogen) atoms. The summed E-state index contributed by atoms with van der Waals surface area (Å²) in [7, 11) is 1.40. The predicted octanol–water partition coefficient (Wildman–Crippen LogP) is 5.79. The summed E-state index contributed by atoms with van der Waals surface area (Å²) in [6.07, 6.45) is 5.68. The molecule has 0 spiro atoms. The van der Waals surface area contributed by atoms with E-state index in [0.717, 1.165) is 29.7 Å². The number of rotatable bonds is 7. The molecule has 0 saturated carbocycles. The Bertz CT molecular complexity index is 769. The molecular formula is C23H32O4S. The molecular weight excluding hydrogens is 372 g/mol. The molecule has 5 heteroatoms. The van der Waals surface area contributed by atoms with Gasteiger partial charge in [0, 0.05) is 22.6 Å². The van der Waals surface area contributed by atoms with Gasteiger partial charge in [0.1, 0.15) is 5.60 Å². The van der Waals surface area contributed by atoms with Crippen molar-refractivity contribution in [2.75, 3.05) is 7.11 Å². The maximum atomic E-state index is 11.9. The lowest BCUT2D eigenvalue weighted by Crippen LogP contribution is -2.22. The van der Waals surface area contributed by atoms with Crippen molar-refractivity contribution >= 4 is 28.8 Å². The molecule has 1 rings (SSSR count). The van der Waals surface area contributed by atoms with Gasteiger partial charge >= 0.3 is 11.9 Å². The number of methoxy groups -OCH3 is 1. The van der Waals surface area contributed by atoms with E-state index in [4.69, 9.17) is 9.47 Å². The lowest BCUT2D eigenvalue weighted by atomic mass is 9.87. The van der Waals surface area contributed by atoms with Crippen LogP contribution in [-0.4, -0.2) is 24.6 Å². The molecule has 154 valence electrons. The summed E-state index contributed by atoms with van der Waals surface area (Å²) < 4.78 is 10.1. The van der Waals surface area contributed by atoms with Crippen molar-refractivity contribution in [3.05, 3.63) is 27.5 Å². The zero-order valence-corrected chi connectivity index (χ0v) is 18.9. The summed E-state index contributed by atoms with van der Waals surface area (Å²) in [4.78, 5) is 24.8. The van der Waals surface area contributed by atoms with E-state index < -0.39 is 11.6 Å². The second kappa shape index (κ2) is 11.1. The molecule has 4 nitrogen and oxygen atoms in total. The second-order valence-corrected chi connectivity index (χ2v) is 8.55. The Morgan fingerprint density at radius 1 is 1.29 bits per heavy atom. The monoisotopic (exact) mass is 404 g/mol. The number of ether oxygens (including phenoxy) is 2. The van der Waals surface area contributed by atoms with Crippen molar-refractivity contribution in [2.24, 2.45) is 5.92 Å². The highest BCUT2D eigenvalue weighted by Gasteiger charge is 2.21. The highest BCUT2D eigenvalue weighted by atomic mass is 32.1. The van der Waals surface area contributed by atoms with Crippen LogP contribution in [0.1, 0.15) is 81.1 Å². The number of esters is 2. The van der Waals surface area contributed by atoms with Gasteiger partial charge in [-0.05, 0) is 64.5 Å². The van der Waals surface area contributed by atoms with Crippen LogP contribution in [0.25, 0.3) is 5.57 Å². The van der Waals surface area contributed by atoms with Crippen LogP contribution in [-0.2, 0) is 14.3 Å². The summed E-state index contributed by atoms with van der Waals surface area (Å²) in [6, 6.07) is 0. The lowest BCUT2D eigenvalue weighted by Gasteiger charge is -2.19. The molecule has 1 unspecified atom stereocenters. The molecule has 0 saturated heterocycles. The SMILES string of the molecule is C/C=C(/c1scc(C(=O)OC)c1C)C(CCC)CCC#CC(=O)OC(C)(C)C. The van der Waals surface area contributed by atoms with Crippen molar-refractivity contribution in [2.45, 2.75) is 72.8 Å². The number of hydrogen-bond donors (Lipinski definition) is 0. The Kier molecular flexibility index (Phi) is 9.48. The number of allylic oxidation sites excluding steroid dienone is 2. The first-order valence-electron chi connectivity index (χ1n) is 9.69. The molecule has 1 aromatic rings. The Morgan fingerprint density at radius 2 is 1.96 bits per heavy atom. The zero-order valence-electron chi connectivity index (χ0n) is 18.1. The van der Waals surface area contributed by atoms with Crippen LogP contribution in [0, 0.1) is 24.7 Å². The molecule has 0 aliphatic rings. The molecule has 0 aliphatic heterocycles. The molecule has 0 radical (unpaired) electrons. The fraction of sp³-hybridized carbons (Fsp3) is 0.565. The minimum atomic E-state index is -0.525. The third-order valence-electron chi connectivity index (χ3n) is 4.30. The first-order valence-corrected chi connectivity index (χ1v) is 10.6. The van der Waals surface area contributed by atoms with Crippen molar-refractivity contribution in [1.82, 2.24) is 0 Å². The quantitative estimate of drug-likeness (QED) is 0.328. The Hall–Kier alpha value is -2.06. The minimum Gasteiger partial charge on any atom is -0.465 e. The number of carbonyl (C=O) groups excluding carboxylic acids is 2. The van der Waals surface area contributed by atoms with Crippen molar-refractivity contribution in [1.29, 1.82) is 0 Å². The number of thiophene rings is 1. The van der Waals surface area contributed by atoms with Gasteiger partial charge in [-0.15, -0.1) is 11.3 Å². The summed E-state index contributed by atoms with van der Waals surface area (Å²) in [5, 5.41) is 1.87. The van der Waals surface area contributed by atoms with Crippen LogP contribution in [0.4, 0.5) is 0 Å². The summed E-state index contributed by atoms with van der Waals surface area (Å²) >= 11 is 1.58. The van der Waals surface area contributed by atoms with Gasteiger partial charge in [0.2, 0.25) is 0 Å². The average molecular weight is 405 g/mol. The highest BCUT2D eigenvalue weighted by molar-refractivity contribution is 7.11. The molecule has 0 bridgehead atoms. The molecule has 0 aromatic carbocycles. The zero-order chi connectivity index (χ0) is 21.3. The molecule has 0 fully saturated rings. The fourth-order valence-electron chi connectivity index (χ4n) is 3.05. The van der Waals surface area contributed by atoms with Crippen molar-refractivity contribution < 1.29 is 19.1 Å². The first-order chi connectivity index (χ1) is 13.1. The Morgan fingerprint density at radius 3 is 2.50 bits per heavy atom. The smallest absolute Gasteiger partial charge is 0.384 e. The van der Waals surface area contributed by atoms with Gasteiger partial charge in [0.05, 0.1) is 12.7 Å². The predicted molar refractivity (Wildman–Crippen MR) is 115 cm³/mol. The van der Waals surface area contributed by atoms with E-state index in [2.05, 4.69) is 24.8 Å². The standard InChI is InChI=1S/C23H32O4S/c1-8-12-17(13-10-11-14-20(24)27-23(4,5)6)18(9-2)21-16(3)19(15-28-21)22(25)26-7/h9,15,17H,8,10,12-13H2,1-7H3/b18-9+. The van der Waals surface area contributed by atoms with Crippen LogP contribution in [0.3, 0.4) is 0 Å². The average Bonchev–Trinajstić information content (AvgIpc) is 2.98. The van der Waals surface area contributed by atoms with E-state index in [1.165, 1.54) is 12.7 Å². The molecule has 1 aromatic heterocycles. The molecule has 1 heterocycles. The number of carbonyl (C=O) groups is 2. The number of hydrogen-bond acceptors (Lipinski definition) is 5. The van der Waals surface area contributed by atoms with Crippen LogP contribution in [0.15, 0.2) is 11.5 Å². The molecule has 1 atom stereocenters. The first kappa shape index (κ1) is 24.0. The van der Waals surface area contributed by atoms with Crippen molar-refractivity contribution in [3.63, 3.8) is 0 Å². The normalized spacial score (nSPS) is 12.8. The molecule has 0 amide bonds. The Labute approximate surface area is 173 Å². The van der Waals surface area contributed by atoms with Crippen LogP contribution in [0.5, 0.6) is 0 Å². The van der Waals surface area contributed by atoms with Crippen LogP contribution >= 0.6 is 11.3 Å². The Balaban J connectivity index is 2.91. The van der Waals surface area contributed by atoms with E-state index in [1.54, 1.807) is 11.3 Å². The third-order valence-corrected chi connectivity index (χ3v) is 5.43. The molecule has 0 N–H and O–H groups in total. The van der Waals surface area contributed by atoms with E-state index in [0.29, 0.717) is 17.9 Å². The van der Waals surface area contributed by atoms with Gasteiger partial charge in [-0.25, -0.2) is 9.59 Å². The topological polar surface area (TPSA) is 52.6 Å². The van der Waals surface area contributed by atoms with Gasteiger partial charge < -0.3 is 9.47 Å². The van der Waals surface area contributed by atoms with Crippen molar-refractivity contribution in [3.8, 4) is 11.8 Å². The summed E-state index contributed by atoms with van der Waals surface area (Å²) in [6.45, 7) is 11.6. The van der Waals surface area contributed by atoms with Gasteiger partial charge in [0.25, 0.3) is 0 Å². The van der Waals surface area contributed by atoms with Gasteiger partial charge in [-0.1, -0.05) is 25.3 Å². The van der Waals surface area contributed by atoms with Gasteiger partial charge in [-0.2, -0.15) is 0 Å². The maximum Gasteiger partial charge on any atom is 0.384 e. The third kappa shape index (κ3) is 7.16. The summed E-state index contributed by atoms with van der Waals surface area (Å²) in [5.41, 5.74) is 2.30. The van der Waals surface area contributed by atoms with Crippen LogP contribution in [0.2, 0.25) is 0 Å². The van der Waals surface area contributed by atoms with E-state index in [1.807, 2.05) is 40.0 Å². The fourth-order valence-corrected chi connectivity index (χ4v) is 4.27. The van der Waals surface area contributed by atoms with Gasteiger partial charge in [0.15, 0.2) is 0 Å². The largest absolute Gasteiger partial charge is 0.465 e. The summed E-state index contributed by atoms with van der Waals surface area (Å²) in [5.74, 6) is 5.07. The van der Waals surface area contributed by atoms with E-state index in [-0.39, 0.29) is 5.97 Å². The maximum absolute atomic E-state index is 11.9. The second-order valence-electron chi connectivity index (χ2n) is 7.67.